The molecule has 0 fully saturated rings. The summed E-state index contributed by atoms with van der Waals surface area (Å²) in [4.78, 5) is 4.41. The highest BCUT2D eigenvalue weighted by Gasteiger charge is 2.22. The van der Waals surface area contributed by atoms with Crippen LogP contribution in [-0.4, -0.2) is 10.1 Å². The summed E-state index contributed by atoms with van der Waals surface area (Å²) in [6.45, 7) is 2.14. The number of hydrogen-bond acceptors (Lipinski definition) is 3. The van der Waals surface area contributed by atoms with Crippen LogP contribution in [0.2, 0.25) is 0 Å². The number of nitrogens with zero attached hydrogens (tertiary/aromatic N) is 1. The number of aryl methyl sites for hydroxylation is 1. The van der Waals surface area contributed by atoms with E-state index in [2.05, 4.69) is 17.2 Å². The molecule has 0 amide bonds. The second-order valence-electron chi connectivity index (χ2n) is 5.47. The third-order valence-corrected chi connectivity index (χ3v) is 4.03. The van der Waals surface area contributed by atoms with E-state index in [9.17, 15) is 5.11 Å². The van der Waals surface area contributed by atoms with Crippen molar-refractivity contribution in [1.29, 1.82) is 0 Å². The van der Waals surface area contributed by atoms with E-state index in [-0.39, 0.29) is 6.04 Å². The molecule has 0 saturated heterocycles. The molecule has 3 nitrogen and oxygen atoms in total. The standard InChI is InChI=1S/C17H20N2O/c1-12(16-6-2-3-10-18-16)19-17-7-4-5-13-8-9-14(20)11-15(13)17/h2-3,6,8-12,17,19-20H,4-5,7H2,1H3. The maximum absolute atomic E-state index is 9.72. The summed E-state index contributed by atoms with van der Waals surface area (Å²) in [7, 11) is 0. The van der Waals surface area contributed by atoms with Crippen LogP contribution in [0.3, 0.4) is 0 Å². The average molecular weight is 268 g/mol. The van der Waals surface area contributed by atoms with Crippen molar-refractivity contribution in [2.75, 3.05) is 0 Å². The molecule has 1 heterocycles. The number of fused-ring (bicyclic) bond motifs is 1. The molecule has 2 N–H and O–H groups in total. The molecule has 0 aliphatic heterocycles. The van der Waals surface area contributed by atoms with Crippen LogP contribution < -0.4 is 5.32 Å². The fraction of sp³-hybridized carbons (Fsp3) is 0.353. The third-order valence-electron chi connectivity index (χ3n) is 4.03. The SMILES string of the molecule is CC(NC1CCCc2ccc(O)cc21)c1ccccn1. The van der Waals surface area contributed by atoms with Crippen molar-refractivity contribution in [3.05, 3.63) is 59.4 Å². The van der Waals surface area contributed by atoms with Crippen LogP contribution >= 0.6 is 0 Å². The van der Waals surface area contributed by atoms with Crippen molar-refractivity contribution in [1.82, 2.24) is 10.3 Å². The van der Waals surface area contributed by atoms with E-state index in [1.165, 1.54) is 17.5 Å². The Hall–Kier alpha value is -1.87. The normalized spacial score (nSPS) is 19.4. The minimum Gasteiger partial charge on any atom is -0.508 e. The summed E-state index contributed by atoms with van der Waals surface area (Å²) in [6.07, 6.45) is 5.22. The molecule has 1 aliphatic rings. The molecule has 3 heteroatoms. The van der Waals surface area contributed by atoms with Gasteiger partial charge >= 0.3 is 0 Å². The van der Waals surface area contributed by atoms with Gasteiger partial charge in [-0.25, -0.2) is 0 Å². The van der Waals surface area contributed by atoms with Gasteiger partial charge in [0.15, 0.2) is 0 Å². The lowest BCUT2D eigenvalue weighted by atomic mass is 9.87. The predicted molar refractivity (Wildman–Crippen MR) is 79.6 cm³/mol. The zero-order valence-electron chi connectivity index (χ0n) is 11.7. The van der Waals surface area contributed by atoms with Crippen LogP contribution in [0, 0.1) is 0 Å². The van der Waals surface area contributed by atoms with Gasteiger partial charge in [-0.15, -0.1) is 0 Å². The summed E-state index contributed by atoms with van der Waals surface area (Å²) in [5, 5.41) is 13.4. The molecule has 2 atom stereocenters. The van der Waals surface area contributed by atoms with E-state index in [1.807, 2.05) is 36.5 Å². The molecule has 2 unspecified atom stereocenters. The number of phenolic OH excluding ortho intramolecular Hbond substituents is 1. The maximum atomic E-state index is 9.72. The van der Waals surface area contributed by atoms with Gasteiger partial charge in [-0.3, -0.25) is 4.98 Å². The molecule has 0 bridgehead atoms. The molecular formula is C17H20N2O. The van der Waals surface area contributed by atoms with Crippen molar-refractivity contribution in [2.45, 2.75) is 38.3 Å². The molecule has 1 aromatic heterocycles. The van der Waals surface area contributed by atoms with Crippen LogP contribution in [0.1, 0.15) is 48.7 Å². The van der Waals surface area contributed by atoms with Gasteiger partial charge in [0.05, 0.1) is 5.69 Å². The molecule has 1 aromatic carbocycles. The molecule has 20 heavy (non-hydrogen) atoms. The number of phenols is 1. The second-order valence-corrected chi connectivity index (χ2v) is 5.47. The minimum atomic E-state index is 0.203. The number of hydrogen-bond donors (Lipinski definition) is 2. The van der Waals surface area contributed by atoms with Crippen molar-refractivity contribution in [3.63, 3.8) is 0 Å². The summed E-state index contributed by atoms with van der Waals surface area (Å²) >= 11 is 0. The van der Waals surface area contributed by atoms with E-state index in [0.717, 1.165) is 18.5 Å². The van der Waals surface area contributed by atoms with Gasteiger partial charge in [-0.05, 0) is 61.6 Å². The van der Waals surface area contributed by atoms with Crippen molar-refractivity contribution >= 4 is 0 Å². The number of benzene rings is 1. The van der Waals surface area contributed by atoms with Gasteiger partial charge in [0.25, 0.3) is 0 Å². The number of nitrogens with one attached hydrogen (secondary N) is 1. The van der Waals surface area contributed by atoms with Gasteiger partial charge in [-0.1, -0.05) is 12.1 Å². The van der Waals surface area contributed by atoms with Gasteiger partial charge in [0, 0.05) is 18.3 Å². The Morgan fingerprint density at radius 2 is 2.20 bits per heavy atom. The third kappa shape index (κ3) is 2.68. The van der Waals surface area contributed by atoms with Gasteiger partial charge in [0.1, 0.15) is 5.75 Å². The Balaban J connectivity index is 1.81. The lowest BCUT2D eigenvalue weighted by Gasteiger charge is -2.29. The molecule has 3 rings (SSSR count). The molecule has 2 aromatic rings. The smallest absolute Gasteiger partial charge is 0.115 e. The van der Waals surface area contributed by atoms with E-state index in [0.29, 0.717) is 11.8 Å². The zero-order valence-corrected chi connectivity index (χ0v) is 11.7. The molecule has 0 saturated carbocycles. The lowest BCUT2D eigenvalue weighted by molar-refractivity contribution is 0.407. The number of pyridine rings is 1. The fourth-order valence-electron chi connectivity index (χ4n) is 2.98. The Morgan fingerprint density at radius 3 is 3.00 bits per heavy atom. The average Bonchev–Trinajstić information content (AvgIpc) is 2.49. The van der Waals surface area contributed by atoms with Crippen LogP contribution in [-0.2, 0) is 6.42 Å². The second kappa shape index (κ2) is 5.63. The van der Waals surface area contributed by atoms with E-state index >= 15 is 0 Å². The molecular weight excluding hydrogens is 248 g/mol. The molecule has 0 spiro atoms. The van der Waals surface area contributed by atoms with Crippen LogP contribution in [0.5, 0.6) is 5.75 Å². The minimum absolute atomic E-state index is 0.203. The first kappa shape index (κ1) is 13.1. The zero-order chi connectivity index (χ0) is 13.9. The van der Waals surface area contributed by atoms with Gasteiger partial charge in [0.2, 0.25) is 0 Å². The van der Waals surface area contributed by atoms with Crippen LogP contribution in [0.25, 0.3) is 0 Å². The van der Waals surface area contributed by atoms with Crippen molar-refractivity contribution in [3.8, 4) is 5.75 Å². The Morgan fingerprint density at radius 1 is 1.30 bits per heavy atom. The number of aromatic nitrogens is 1. The topological polar surface area (TPSA) is 45.1 Å². The maximum Gasteiger partial charge on any atom is 0.115 e. The quantitative estimate of drug-likeness (QED) is 0.895. The monoisotopic (exact) mass is 268 g/mol. The predicted octanol–water partition coefficient (Wildman–Crippen LogP) is 3.52. The van der Waals surface area contributed by atoms with Gasteiger partial charge < -0.3 is 10.4 Å². The summed E-state index contributed by atoms with van der Waals surface area (Å²) in [5.41, 5.74) is 3.64. The highest BCUT2D eigenvalue weighted by molar-refractivity contribution is 5.38. The fourth-order valence-corrected chi connectivity index (χ4v) is 2.98. The first-order valence-electron chi connectivity index (χ1n) is 7.23. The van der Waals surface area contributed by atoms with Gasteiger partial charge in [-0.2, -0.15) is 0 Å². The highest BCUT2D eigenvalue weighted by atomic mass is 16.3. The first-order valence-corrected chi connectivity index (χ1v) is 7.23. The van der Waals surface area contributed by atoms with E-state index < -0.39 is 0 Å². The summed E-state index contributed by atoms with van der Waals surface area (Å²) < 4.78 is 0. The lowest BCUT2D eigenvalue weighted by Crippen LogP contribution is -2.28. The number of rotatable bonds is 3. The van der Waals surface area contributed by atoms with Crippen LogP contribution in [0.15, 0.2) is 42.6 Å². The van der Waals surface area contributed by atoms with E-state index in [1.54, 1.807) is 6.07 Å². The highest BCUT2D eigenvalue weighted by Crippen LogP contribution is 2.33. The first-order chi connectivity index (χ1) is 9.74. The Kier molecular flexibility index (Phi) is 3.70. The molecule has 0 radical (unpaired) electrons. The summed E-state index contributed by atoms with van der Waals surface area (Å²) in [5.74, 6) is 0.350. The molecule has 104 valence electrons. The Labute approximate surface area is 119 Å². The van der Waals surface area contributed by atoms with Crippen molar-refractivity contribution < 1.29 is 5.11 Å². The van der Waals surface area contributed by atoms with Crippen LogP contribution in [0.4, 0.5) is 0 Å². The molecule has 1 aliphatic carbocycles. The van der Waals surface area contributed by atoms with E-state index in [4.69, 9.17) is 0 Å². The summed E-state index contributed by atoms with van der Waals surface area (Å²) in [6, 6.07) is 12.2. The number of aromatic hydroxyl groups is 1. The largest absolute Gasteiger partial charge is 0.508 e. The Bertz CT molecular complexity index is 583. The van der Waals surface area contributed by atoms with Crippen molar-refractivity contribution in [2.24, 2.45) is 0 Å².